The van der Waals surface area contributed by atoms with Gasteiger partial charge in [0.15, 0.2) is 0 Å². The fraction of sp³-hybridized carbons (Fsp3) is 0.929. The van der Waals surface area contributed by atoms with Gasteiger partial charge in [-0.15, -0.1) is 0 Å². The highest BCUT2D eigenvalue weighted by atomic mass is 16.6. The first-order valence-electron chi connectivity index (χ1n) is 14.0. The van der Waals surface area contributed by atoms with Crippen LogP contribution in [0.4, 0.5) is 0 Å². The lowest BCUT2D eigenvalue weighted by Crippen LogP contribution is -2.35. The van der Waals surface area contributed by atoms with Crippen LogP contribution < -0.4 is 0 Å². The second-order valence-electron chi connectivity index (χ2n) is 9.38. The van der Waals surface area contributed by atoms with Crippen molar-refractivity contribution in [3.63, 3.8) is 0 Å². The van der Waals surface area contributed by atoms with Crippen molar-refractivity contribution in [2.75, 3.05) is 0 Å². The van der Waals surface area contributed by atoms with E-state index < -0.39 is 0 Å². The summed E-state index contributed by atoms with van der Waals surface area (Å²) in [6, 6.07) is 0. The molecule has 0 aromatic carbocycles. The van der Waals surface area contributed by atoms with E-state index in [4.69, 9.17) is 9.47 Å². The summed E-state index contributed by atoms with van der Waals surface area (Å²) in [6.45, 7) is 8.74. The topological polar surface area (TPSA) is 52.6 Å². The van der Waals surface area contributed by atoms with Crippen LogP contribution in [0.5, 0.6) is 0 Å². The Bertz CT molecular complexity index is 395. The number of unbranched alkanes of at least 4 members (excludes halogenated alkanes) is 12. The highest BCUT2D eigenvalue weighted by molar-refractivity contribution is 5.70. The van der Waals surface area contributed by atoms with E-state index in [2.05, 4.69) is 27.7 Å². The molecule has 0 amide bonds. The number of rotatable bonds is 23. The zero-order valence-corrected chi connectivity index (χ0v) is 21.9. The lowest BCUT2D eigenvalue weighted by Gasteiger charge is -2.27. The molecule has 2 unspecified atom stereocenters. The molecule has 0 saturated carbocycles. The van der Waals surface area contributed by atoms with E-state index in [0.29, 0.717) is 12.8 Å². The Balaban J connectivity index is 4.84. The lowest BCUT2D eigenvalue weighted by molar-refractivity contribution is -0.169. The van der Waals surface area contributed by atoms with E-state index in [-0.39, 0.29) is 24.1 Å². The van der Waals surface area contributed by atoms with Crippen molar-refractivity contribution in [3.8, 4) is 0 Å². The molecule has 0 aliphatic carbocycles. The largest absolute Gasteiger partial charge is 0.458 e. The van der Waals surface area contributed by atoms with Crippen molar-refractivity contribution in [2.24, 2.45) is 0 Å². The average molecular weight is 455 g/mol. The van der Waals surface area contributed by atoms with E-state index in [1.165, 1.54) is 38.5 Å². The molecule has 4 heteroatoms. The monoisotopic (exact) mass is 454 g/mol. The molecule has 0 bridgehead atoms. The number of hydrogen-bond donors (Lipinski definition) is 0. The van der Waals surface area contributed by atoms with Gasteiger partial charge >= 0.3 is 11.9 Å². The Labute approximate surface area is 199 Å². The molecule has 0 aliphatic rings. The van der Waals surface area contributed by atoms with Crippen LogP contribution in [0.3, 0.4) is 0 Å². The van der Waals surface area contributed by atoms with Crippen molar-refractivity contribution in [1.82, 2.24) is 0 Å². The molecular formula is C28H54O4. The SMILES string of the molecule is CCCCCCCC(=O)OC(CCCCC)C(CCCCC)OC(=O)CCCCCCC. The summed E-state index contributed by atoms with van der Waals surface area (Å²) in [5, 5.41) is 0. The maximum Gasteiger partial charge on any atom is 0.306 e. The second kappa shape index (κ2) is 23.1. The molecular weight excluding hydrogens is 400 g/mol. The summed E-state index contributed by atoms with van der Waals surface area (Å²) in [4.78, 5) is 25.1. The van der Waals surface area contributed by atoms with Crippen LogP contribution in [0.15, 0.2) is 0 Å². The second-order valence-corrected chi connectivity index (χ2v) is 9.38. The maximum absolute atomic E-state index is 12.5. The first-order chi connectivity index (χ1) is 15.6. The molecule has 190 valence electrons. The lowest BCUT2D eigenvalue weighted by atomic mass is 10.00. The summed E-state index contributed by atoms with van der Waals surface area (Å²) in [5.41, 5.74) is 0. The highest BCUT2D eigenvalue weighted by Gasteiger charge is 2.28. The summed E-state index contributed by atoms with van der Waals surface area (Å²) in [6.07, 6.45) is 19.5. The summed E-state index contributed by atoms with van der Waals surface area (Å²) >= 11 is 0. The zero-order chi connectivity index (χ0) is 23.9. The third kappa shape index (κ3) is 18.5. The molecule has 32 heavy (non-hydrogen) atoms. The Morgan fingerprint density at radius 2 is 0.781 bits per heavy atom. The van der Waals surface area contributed by atoms with E-state index >= 15 is 0 Å². The van der Waals surface area contributed by atoms with Gasteiger partial charge in [-0.05, 0) is 38.5 Å². The van der Waals surface area contributed by atoms with E-state index in [1.54, 1.807) is 0 Å². The van der Waals surface area contributed by atoms with Crippen LogP contribution >= 0.6 is 0 Å². The van der Waals surface area contributed by atoms with Crippen LogP contribution in [0.25, 0.3) is 0 Å². The van der Waals surface area contributed by atoms with Crippen LogP contribution in [-0.4, -0.2) is 24.1 Å². The number of ether oxygens (including phenoxy) is 2. The molecule has 0 aromatic rings. The molecule has 0 fully saturated rings. The molecule has 4 nitrogen and oxygen atoms in total. The maximum atomic E-state index is 12.5. The van der Waals surface area contributed by atoms with Crippen molar-refractivity contribution in [3.05, 3.63) is 0 Å². The van der Waals surface area contributed by atoms with Gasteiger partial charge in [-0.1, -0.05) is 105 Å². The van der Waals surface area contributed by atoms with Crippen LogP contribution in [0.2, 0.25) is 0 Å². The fourth-order valence-corrected chi connectivity index (χ4v) is 4.03. The molecule has 0 aliphatic heterocycles. The predicted octanol–water partition coefficient (Wildman–Crippen LogP) is 8.69. The first kappa shape index (κ1) is 30.9. The molecule has 2 atom stereocenters. The highest BCUT2D eigenvalue weighted by Crippen LogP contribution is 2.21. The van der Waals surface area contributed by atoms with Gasteiger partial charge in [0.25, 0.3) is 0 Å². The molecule has 0 saturated heterocycles. The third-order valence-corrected chi connectivity index (χ3v) is 6.13. The summed E-state index contributed by atoms with van der Waals surface area (Å²) in [7, 11) is 0. The Morgan fingerprint density at radius 1 is 0.469 bits per heavy atom. The number of hydrogen-bond acceptors (Lipinski definition) is 4. The van der Waals surface area contributed by atoms with Crippen LogP contribution in [0, 0.1) is 0 Å². The summed E-state index contributed by atoms with van der Waals surface area (Å²) < 4.78 is 11.9. The quantitative estimate of drug-likeness (QED) is 0.114. The first-order valence-corrected chi connectivity index (χ1v) is 14.0. The van der Waals surface area contributed by atoms with E-state index in [0.717, 1.165) is 77.0 Å². The standard InChI is InChI=1S/C28H54O4/c1-5-9-13-15-19-23-27(29)31-25(21-17-11-7-3)26(22-18-12-8-4)32-28(30)24-20-16-14-10-6-2/h25-26H,5-24H2,1-4H3. The normalized spacial score (nSPS) is 13.0. The Hall–Kier alpha value is -1.06. The van der Waals surface area contributed by atoms with Crippen molar-refractivity contribution >= 4 is 11.9 Å². The van der Waals surface area contributed by atoms with Gasteiger partial charge in [-0.3, -0.25) is 9.59 Å². The minimum atomic E-state index is -0.300. The molecule has 0 spiro atoms. The Morgan fingerprint density at radius 3 is 1.12 bits per heavy atom. The smallest absolute Gasteiger partial charge is 0.306 e. The van der Waals surface area contributed by atoms with E-state index in [9.17, 15) is 9.59 Å². The Kier molecular flexibility index (Phi) is 22.3. The minimum Gasteiger partial charge on any atom is -0.458 e. The minimum absolute atomic E-state index is 0.126. The average Bonchev–Trinajstić information content (AvgIpc) is 2.77. The van der Waals surface area contributed by atoms with Gasteiger partial charge in [0.05, 0.1) is 0 Å². The fourth-order valence-electron chi connectivity index (χ4n) is 4.03. The van der Waals surface area contributed by atoms with Gasteiger partial charge < -0.3 is 9.47 Å². The van der Waals surface area contributed by atoms with Crippen molar-refractivity contribution in [2.45, 2.75) is 168 Å². The number of carbonyl (C=O) groups excluding carboxylic acids is 2. The van der Waals surface area contributed by atoms with Crippen molar-refractivity contribution < 1.29 is 19.1 Å². The van der Waals surface area contributed by atoms with Gasteiger partial charge in [0.2, 0.25) is 0 Å². The van der Waals surface area contributed by atoms with Gasteiger partial charge in [-0.2, -0.15) is 0 Å². The van der Waals surface area contributed by atoms with Gasteiger partial charge in [0, 0.05) is 12.8 Å². The molecule has 0 aromatic heterocycles. The summed E-state index contributed by atoms with van der Waals surface area (Å²) in [5.74, 6) is -0.252. The number of carbonyl (C=O) groups is 2. The zero-order valence-electron chi connectivity index (χ0n) is 21.9. The molecule has 0 heterocycles. The van der Waals surface area contributed by atoms with Gasteiger partial charge in [0.1, 0.15) is 12.2 Å². The molecule has 0 radical (unpaired) electrons. The molecule has 0 N–H and O–H groups in total. The number of esters is 2. The predicted molar refractivity (Wildman–Crippen MR) is 135 cm³/mol. The van der Waals surface area contributed by atoms with Crippen molar-refractivity contribution in [1.29, 1.82) is 0 Å². The third-order valence-electron chi connectivity index (χ3n) is 6.13. The van der Waals surface area contributed by atoms with E-state index in [1.807, 2.05) is 0 Å². The molecule has 0 rings (SSSR count). The van der Waals surface area contributed by atoms with Crippen LogP contribution in [-0.2, 0) is 19.1 Å². The van der Waals surface area contributed by atoms with Gasteiger partial charge in [-0.25, -0.2) is 0 Å². The van der Waals surface area contributed by atoms with Crippen LogP contribution in [0.1, 0.15) is 156 Å².